The van der Waals surface area contributed by atoms with E-state index >= 15 is 0 Å². The first-order chi connectivity index (χ1) is 21.1. The van der Waals surface area contributed by atoms with E-state index in [9.17, 15) is 0 Å². The van der Waals surface area contributed by atoms with Crippen LogP contribution in [0.5, 0.6) is 0 Å². The monoisotopic (exact) mass is 726 g/mol. The zero-order valence-corrected chi connectivity index (χ0v) is 31.1. The number of aryl methyl sites for hydroxylation is 2. The maximum absolute atomic E-state index is 2.41. The van der Waals surface area contributed by atoms with Crippen molar-refractivity contribution in [3.63, 3.8) is 0 Å². The Kier molecular flexibility index (Phi) is 9.48. The van der Waals surface area contributed by atoms with Gasteiger partial charge in [-0.3, -0.25) is 0 Å². The van der Waals surface area contributed by atoms with E-state index in [0.717, 1.165) is 0 Å². The molecule has 0 saturated carbocycles. The SMILES string of the molecule is Cc1cc2c(ccc3ccccc32)[cH-]1.Cc1cc2c(ccc3ccccc32)[cH-]1.[Cl-].[Cl-].c1ccc2c(c1)[Si]1=[Zr]=[Si]2c2ccccc21. The Balaban J connectivity index is 0.000000117. The van der Waals surface area contributed by atoms with Gasteiger partial charge in [0.1, 0.15) is 0 Å². The van der Waals surface area contributed by atoms with Crippen molar-refractivity contribution in [1.29, 1.82) is 0 Å². The summed E-state index contributed by atoms with van der Waals surface area (Å²) in [5.74, 6) is 0. The van der Waals surface area contributed by atoms with Gasteiger partial charge in [0.2, 0.25) is 0 Å². The van der Waals surface area contributed by atoms with Gasteiger partial charge < -0.3 is 24.8 Å². The van der Waals surface area contributed by atoms with Gasteiger partial charge in [0, 0.05) is 0 Å². The topological polar surface area (TPSA) is 0 Å². The van der Waals surface area contributed by atoms with E-state index in [-0.39, 0.29) is 56.1 Å². The van der Waals surface area contributed by atoms with Crippen molar-refractivity contribution < 1.29 is 45.3 Å². The Morgan fingerprint density at radius 3 is 1.18 bits per heavy atom. The Morgan fingerprint density at radius 1 is 0.422 bits per heavy atom. The molecule has 0 atom stereocenters. The van der Waals surface area contributed by atoms with Gasteiger partial charge in [-0.1, -0.05) is 85.3 Å². The average Bonchev–Trinajstić information content (AvgIpc) is 3.83. The first-order valence-electron chi connectivity index (χ1n) is 14.9. The summed E-state index contributed by atoms with van der Waals surface area (Å²) in [5, 5.41) is 18.0. The summed E-state index contributed by atoms with van der Waals surface area (Å²) >= 11 is -0.0931. The van der Waals surface area contributed by atoms with E-state index in [0.29, 0.717) is 0 Å². The van der Waals surface area contributed by atoms with Crippen molar-refractivity contribution in [3.8, 4) is 0 Å². The van der Waals surface area contributed by atoms with Gasteiger partial charge in [0.15, 0.2) is 0 Å². The summed E-state index contributed by atoms with van der Waals surface area (Å²) in [6, 6.07) is 53.5. The molecule has 0 N–H and O–H groups in total. The van der Waals surface area contributed by atoms with Crippen molar-refractivity contribution in [1.82, 2.24) is 0 Å². The van der Waals surface area contributed by atoms with E-state index in [1.54, 1.807) is 20.7 Å². The van der Waals surface area contributed by atoms with Crippen molar-refractivity contribution in [2.45, 2.75) is 13.8 Å². The maximum atomic E-state index is 2.41. The number of benzene rings is 6. The third-order valence-electron chi connectivity index (χ3n) is 8.70. The fourth-order valence-electron chi connectivity index (χ4n) is 6.75. The van der Waals surface area contributed by atoms with Crippen LogP contribution in [0, 0.1) is 13.8 Å². The molecule has 0 aliphatic carbocycles. The molecule has 10 rings (SSSR count). The molecule has 0 radical (unpaired) electrons. The summed E-state index contributed by atoms with van der Waals surface area (Å²) in [6.07, 6.45) is 0. The van der Waals surface area contributed by atoms with Crippen LogP contribution in [0.15, 0.2) is 146 Å². The Labute approximate surface area is 288 Å². The third-order valence-corrected chi connectivity index (χ3v) is 34.1. The molecule has 2 aliphatic heterocycles. The molecular weight excluding hydrogens is 699 g/mol. The van der Waals surface area contributed by atoms with Gasteiger partial charge >= 0.3 is 101 Å². The van der Waals surface area contributed by atoms with Crippen molar-refractivity contribution in [3.05, 3.63) is 157 Å². The predicted molar refractivity (Wildman–Crippen MR) is 186 cm³/mol. The molecule has 0 aromatic heterocycles. The van der Waals surface area contributed by atoms with E-state index < -0.39 is 0 Å². The summed E-state index contributed by atoms with van der Waals surface area (Å²) in [6.45, 7) is 4.30. The second-order valence-electron chi connectivity index (χ2n) is 11.6. The normalized spacial score (nSPS) is 11.8. The quantitative estimate of drug-likeness (QED) is 0.164. The molecule has 2 heterocycles. The first-order valence-corrected chi connectivity index (χ1v) is 25.3. The van der Waals surface area contributed by atoms with Gasteiger partial charge in [-0.05, 0) is 10.8 Å². The fraction of sp³-hybridized carbons (Fsp3) is 0.0500. The van der Waals surface area contributed by atoms with Crippen LogP contribution in [0.4, 0.5) is 0 Å². The van der Waals surface area contributed by atoms with Crippen LogP contribution in [-0.2, 0) is 20.5 Å². The second-order valence-corrected chi connectivity index (χ2v) is 29.2. The number of hydrogen-bond donors (Lipinski definition) is 0. The van der Waals surface area contributed by atoms with Crippen LogP contribution in [0.1, 0.15) is 11.1 Å². The first kappa shape index (κ1) is 31.9. The fourth-order valence-corrected chi connectivity index (χ4v) is 42.0. The van der Waals surface area contributed by atoms with Gasteiger partial charge in [-0.15, -0.1) is 56.9 Å². The van der Waals surface area contributed by atoms with Crippen LogP contribution in [0.25, 0.3) is 43.1 Å². The standard InChI is InChI=1S/2C14H11.C12H8Si2.2ClH.Zr/c2*1-10-8-12-7-6-11-4-2-3-5-13(11)14(12)9-10;1-2-6-10-9(5-1)13-11-7-3-4-8-12(11)14-10;;;/h2*2-9H,1H3;1-8H;2*1H;/q2*-1;;;;/p-2. The predicted octanol–water partition coefficient (Wildman–Crippen LogP) is 1.36. The molecule has 8 aromatic rings. The van der Waals surface area contributed by atoms with E-state index in [4.69, 9.17) is 0 Å². The van der Waals surface area contributed by atoms with Crippen LogP contribution in [0.2, 0.25) is 0 Å². The molecule has 0 nitrogen and oxygen atoms in total. The number of halogens is 2. The number of fused-ring (bicyclic) bond motifs is 12. The molecule has 0 fully saturated rings. The van der Waals surface area contributed by atoms with Crippen molar-refractivity contribution in [2.24, 2.45) is 0 Å². The zero-order chi connectivity index (χ0) is 28.9. The van der Waals surface area contributed by atoms with Crippen LogP contribution in [-0.4, -0.2) is 10.9 Å². The molecule has 0 amide bonds. The minimum absolute atomic E-state index is 0. The van der Waals surface area contributed by atoms with Crippen LogP contribution in [0.3, 0.4) is 0 Å². The molecule has 8 aromatic carbocycles. The Hall–Kier alpha value is -3.04. The summed E-state index contributed by atoms with van der Waals surface area (Å²) in [4.78, 5) is 0. The second kappa shape index (κ2) is 13.4. The van der Waals surface area contributed by atoms with Crippen molar-refractivity contribution in [2.75, 3.05) is 0 Å². The molecule has 0 spiro atoms. The minimum atomic E-state index is -0.176. The van der Waals surface area contributed by atoms with Crippen LogP contribution < -0.4 is 45.6 Å². The Bertz CT molecular complexity index is 2210. The molecule has 0 unspecified atom stereocenters. The molecule has 45 heavy (non-hydrogen) atoms. The van der Waals surface area contributed by atoms with E-state index in [1.165, 1.54) is 54.2 Å². The van der Waals surface area contributed by atoms with Gasteiger partial charge in [-0.25, -0.2) is 0 Å². The number of hydrogen-bond acceptors (Lipinski definition) is 0. The average molecular weight is 729 g/mol. The third kappa shape index (κ3) is 5.86. The summed E-state index contributed by atoms with van der Waals surface area (Å²) in [7, 11) is 0. The molecule has 5 heteroatoms. The van der Waals surface area contributed by atoms with Crippen molar-refractivity contribution >= 4 is 74.7 Å². The van der Waals surface area contributed by atoms with Gasteiger partial charge in [0.05, 0.1) is 0 Å². The van der Waals surface area contributed by atoms with E-state index in [2.05, 4.69) is 159 Å². The molecular formula is C40H30Cl2Si2Zr-4. The summed E-state index contributed by atoms with van der Waals surface area (Å²) < 4.78 is 0. The van der Waals surface area contributed by atoms with Crippen LogP contribution >= 0.6 is 0 Å². The molecule has 0 saturated heterocycles. The summed E-state index contributed by atoms with van der Waals surface area (Å²) in [5.41, 5.74) is 2.34. The molecule has 2 bridgehead atoms. The Morgan fingerprint density at radius 2 is 0.778 bits per heavy atom. The zero-order valence-electron chi connectivity index (χ0n) is 25.1. The molecule has 2 aliphatic rings. The van der Waals surface area contributed by atoms with Gasteiger partial charge in [0.25, 0.3) is 0 Å². The van der Waals surface area contributed by atoms with E-state index in [1.807, 2.05) is 0 Å². The number of rotatable bonds is 0. The van der Waals surface area contributed by atoms with Gasteiger partial charge in [-0.2, -0.15) is 12.1 Å². The molecule has 220 valence electrons.